The Morgan fingerprint density at radius 1 is 0.903 bits per heavy atom. The third-order valence-corrected chi connectivity index (χ3v) is 6.12. The summed E-state index contributed by atoms with van der Waals surface area (Å²) in [4.78, 5) is 11.8. The highest BCUT2D eigenvalue weighted by Crippen LogP contribution is 2.39. The molecular weight excluding hydrogens is 389 g/mol. The molecule has 0 saturated heterocycles. The molecular formula is C27H24FNO2. The fourth-order valence-electron chi connectivity index (χ4n) is 4.50. The van der Waals surface area contributed by atoms with Gasteiger partial charge < -0.3 is 9.30 Å². The van der Waals surface area contributed by atoms with Crippen molar-refractivity contribution in [1.29, 1.82) is 0 Å². The van der Waals surface area contributed by atoms with Crippen LogP contribution in [0.4, 0.5) is 4.39 Å². The molecule has 5 rings (SSSR count). The van der Waals surface area contributed by atoms with E-state index in [0.717, 1.165) is 46.4 Å². The number of hydrogen-bond acceptors (Lipinski definition) is 2. The van der Waals surface area contributed by atoms with Crippen molar-refractivity contribution in [3.63, 3.8) is 0 Å². The summed E-state index contributed by atoms with van der Waals surface area (Å²) in [7, 11) is 0. The van der Waals surface area contributed by atoms with E-state index < -0.39 is 0 Å². The Morgan fingerprint density at radius 3 is 2.39 bits per heavy atom. The maximum atomic E-state index is 13.6. The zero-order valence-corrected chi connectivity index (χ0v) is 17.3. The van der Waals surface area contributed by atoms with Gasteiger partial charge in [-0.15, -0.1) is 0 Å². The summed E-state index contributed by atoms with van der Waals surface area (Å²) in [5.41, 5.74) is 4.22. The molecule has 1 fully saturated rings. The predicted molar refractivity (Wildman–Crippen MR) is 120 cm³/mol. The normalized spacial score (nSPS) is 14.8. The number of halogens is 1. The van der Waals surface area contributed by atoms with Crippen LogP contribution in [0.5, 0.6) is 5.75 Å². The lowest BCUT2D eigenvalue weighted by molar-refractivity contribution is -0.120. The molecule has 3 nitrogen and oxygen atoms in total. The number of carbonyl (C=O) groups excluding carboxylic acids is 1. The van der Waals surface area contributed by atoms with Gasteiger partial charge in [-0.25, -0.2) is 4.39 Å². The number of nitrogens with zero attached hydrogens (tertiary/aromatic N) is 1. The van der Waals surface area contributed by atoms with Crippen molar-refractivity contribution in [3.8, 4) is 11.4 Å². The topological polar surface area (TPSA) is 31.2 Å². The largest absolute Gasteiger partial charge is 0.488 e. The molecule has 0 atom stereocenters. The van der Waals surface area contributed by atoms with Gasteiger partial charge in [0.05, 0.1) is 5.52 Å². The van der Waals surface area contributed by atoms with Crippen molar-refractivity contribution in [2.75, 3.05) is 0 Å². The maximum Gasteiger partial charge on any atom is 0.132 e. The van der Waals surface area contributed by atoms with Crippen molar-refractivity contribution in [2.45, 2.75) is 38.2 Å². The number of hydrogen-bond donors (Lipinski definition) is 0. The standard InChI is InChI=1S/C27H24FNO2/c28-21-11-13-22(14-12-21)29-25-7-4-8-27(31-18-19-5-2-1-3-6-19)24(25)17-26(29)20-9-15-23(30)16-10-20/h1-8,11-14,17,20H,9-10,15-16,18H2. The lowest BCUT2D eigenvalue weighted by Gasteiger charge is -2.23. The number of Topliss-reactive ketones (excluding diaryl/α,β-unsaturated/α-hetero) is 1. The van der Waals surface area contributed by atoms with Gasteiger partial charge in [0.15, 0.2) is 0 Å². The summed E-state index contributed by atoms with van der Waals surface area (Å²) in [6.07, 6.45) is 2.92. The van der Waals surface area contributed by atoms with Gasteiger partial charge in [0.1, 0.15) is 24.0 Å². The second kappa shape index (κ2) is 8.38. The Hall–Kier alpha value is -3.40. The van der Waals surface area contributed by atoms with Crippen LogP contribution in [0.3, 0.4) is 0 Å². The first-order valence-corrected chi connectivity index (χ1v) is 10.8. The van der Waals surface area contributed by atoms with Gasteiger partial charge in [0.25, 0.3) is 0 Å². The van der Waals surface area contributed by atoms with Gasteiger partial charge in [-0.05, 0) is 60.9 Å². The van der Waals surface area contributed by atoms with E-state index in [1.54, 1.807) is 0 Å². The van der Waals surface area contributed by atoms with Gasteiger partial charge in [-0.3, -0.25) is 4.79 Å². The molecule has 4 aromatic rings. The summed E-state index contributed by atoms with van der Waals surface area (Å²) in [6.45, 7) is 0.495. The first-order chi connectivity index (χ1) is 15.2. The molecule has 156 valence electrons. The molecule has 0 unspecified atom stereocenters. The number of rotatable bonds is 5. The van der Waals surface area contributed by atoms with Crippen molar-refractivity contribution in [1.82, 2.24) is 4.57 Å². The third kappa shape index (κ3) is 3.98. The first kappa shape index (κ1) is 19.6. The van der Waals surface area contributed by atoms with Crippen LogP contribution in [0.25, 0.3) is 16.6 Å². The number of carbonyl (C=O) groups is 1. The van der Waals surface area contributed by atoms with E-state index in [2.05, 4.69) is 16.7 Å². The van der Waals surface area contributed by atoms with Gasteiger partial charge >= 0.3 is 0 Å². The second-order valence-corrected chi connectivity index (χ2v) is 8.16. The highest BCUT2D eigenvalue weighted by Gasteiger charge is 2.25. The van der Waals surface area contributed by atoms with E-state index in [1.165, 1.54) is 12.1 Å². The molecule has 4 heteroatoms. The van der Waals surface area contributed by atoms with E-state index in [4.69, 9.17) is 4.74 Å². The zero-order chi connectivity index (χ0) is 21.2. The van der Waals surface area contributed by atoms with Crippen molar-refractivity contribution >= 4 is 16.7 Å². The van der Waals surface area contributed by atoms with Crippen molar-refractivity contribution < 1.29 is 13.9 Å². The molecule has 0 N–H and O–H groups in total. The highest BCUT2D eigenvalue weighted by molar-refractivity contribution is 5.89. The summed E-state index contributed by atoms with van der Waals surface area (Å²) in [6, 6.07) is 25.0. The summed E-state index contributed by atoms with van der Waals surface area (Å²) < 4.78 is 22.0. The smallest absolute Gasteiger partial charge is 0.132 e. The Labute approximate surface area is 181 Å². The van der Waals surface area contributed by atoms with Crippen LogP contribution in [0.1, 0.15) is 42.9 Å². The Balaban J connectivity index is 1.59. The van der Waals surface area contributed by atoms with E-state index in [0.29, 0.717) is 25.2 Å². The maximum absolute atomic E-state index is 13.6. The highest BCUT2D eigenvalue weighted by atomic mass is 19.1. The number of aromatic nitrogens is 1. The molecule has 3 aromatic carbocycles. The quantitative estimate of drug-likeness (QED) is 0.370. The van der Waals surface area contributed by atoms with E-state index in [9.17, 15) is 9.18 Å². The SMILES string of the molecule is O=C1CCC(c2cc3c(OCc4ccccc4)cccc3n2-c2ccc(F)cc2)CC1. The van der Waals surface area contributed by atoms with Crippen molar-refractivity contribution in [2.24, 2.45) is 0 Å². The summed E-state index contributed by atoms with van der Waals surface area (Å²) in [5.74, 6) is 1.21. The fraction of sp³-hybridized carbons (Fsp3) is 0.222. The zero-order valence-electron chi connectivity index (χ0n) is 17.3. The molecule has 1 aliphatic rings. The van der Waals surface area contributed by atoms with Crippen LogP contribution in [0.15, 0.2) is 78.9 Å². The lowest BCUT2D eigenvalue weighted by Crippen LogP contribution is -2.15. The van der Waals surface area contributed by atoms with Crippen LogP contribution < -0.4 is 4.74 Å². The minimum atomic E-state index is -0.253. The molecule has 1 saturated carbocycles. The van der Waals surface area contributed by atoms with Gasteiger partial charge in [0, 0.05) is 35.5 Å². The van der Waals surface area contributed by atoms with Crippen molar-refractivity contribution in [3.05, 3.63) is 95.9 Å². The third-order valence-electron chi connectivity index (χ3n) is 6.12. The van der Waals surface area contributed by atoms with Gasteiger partial charge in [-0.2, -0.15) is 0 Å². The predicted octanol–water partition coefficient (Wildman–Crippen LogP) is 6.58. The molecule has 0 aliphatic heterocycles. The summed E-state index contributed by atoms with van der Waals surface area (Å²) >= 11 is 0. The van der Waals surface area contributed by atoms with Crippen LogP contribution in [0.2, 0.25) is 0 Å². The molecule has 1 aliphatic carbocycles. The fourth-order valence-corrected chi connectivity index (χ4v) is 4.50. The molecule has 1 heterocycles. The second-order valence-electron chi connectivity index (χ2n) is 8.16. The summed E-state index contributed by atoms with van der Waals surface area (Å²) in [5, 5.41) is 1.04. The van der Waals surface area contributed by atoms with Gasteiger partial charge in [0.2, 0.25) is 0 Å². The van der Waals surface area contributed by atoms with E-state index >= 15 is 0 Å². The lowest BCUT2D eigenvalue weighted by atomic mass is 9.86. The number of fused-ring (bicyclic) bond motifs is 1. The van der Waals surface area contributed by atoms with Crippen LogP contribution in [-0.4, -0.2) is 10.4 Å². The number of ether oxygens (including phenoxy) is 1. The number of ketones is 1. The molecule has 0 spiro atoms. The first-order valence-electron chi connectivity index (χ1n) is 10.8. The minimum absolute atomic E-state index is 0.253. The average Bonchev–Trinajstić information content (AvgIpc) is 3.19. The average molecular weight is 413 g/mol. The Kier molecular flexibility index (Phi) is 5.29. The monoisotopic (exact) mass is 413 g/mol. The van der Waals surface area contributed by atoms with E-state index in [1.807, 2.05) is 54.6 Å². The van der Waals surface area contributed by atoms with E-state index in [-0.39, 0.29) is 11.7 Å². The molecule has 0 bridgehead atoms. The number of benzene rings is 3. The molecule has 0 amide bonds. The van der Waals surface area contributed by atoms with Crippen LogP contribution in [0, 0.1) is 5.82 Å². The van der Waals surface area contributed by atoms with Crippen LogP contribution >= 0.6 is 0 Å². The molecule has 31 heavy (non-hydrogen) atoms. The Morgan fingerprint density at radius 2 is 1.65 bits per heavy atom. The van der Waals surface area contributed by atoms with Crippen LogP contribution in [-0.2, 0) is 11.4 Å². The van der Waals surface area contributed by atoms with Gasteiger partial charge in [-0.1, -0.05) is 36.4 Å². The minimum Gasteiger partial charge on any atom is -0.488 e. The Bertz CT molecular complexity index is 1200. The molecule has 0 radical (unpaired) electrons. The molecule has 1 aromatic heterocycles.